The summed E-state index contributed by atoms with van der Waals surface area (Å²) in [6, 6.07) is 4.86. The molecule has 0 radical (unpaired) electrons. The lowest BCUT2D eigenvalue weighted by Gasteiger charge is -2.36. The second-order valence-electron chi connectivity index (χ2n) is 8.21. The van der Waals surface area contributed by atoms with Crippen LogP contribution in [0.25, 0.3) is 0 Å². The number of allylic oxidation sites excluding steroid dienone is 1. The number of hydrogen-bond acceptors (Lipinski definition) is 2. The van der Waals surface area contributed by atoms with Crippen molar-refractivity contribution in [1.29, 1.82) is 5.26 Å². The first-order valence-electron chi connectivity index (χ1n) is 10.4. The number of halogens is 3. The summed E-state index contributed by atoms with van der Waals surface area (Å²) in [6.45, 7) is 2.23. The third kappa shape index (κ3) is 4.90. The molecule has 0 bridgehead atoms. The van der Waals surface area contributed by atoms with Crippen LogP contribution in [0, 0.1) is 34.9 Å². The van der Waals surface area contributed by atoms with Gasteiger partial charge in [0.05, 0.1) is 5.56 Å². The van der Waals surface area contributed by atoms with Gasteiger partial charge < -0.3 is 4.74 Å². The molecule has 0 saturated heterocycles. The number of ether oxygens (including phenoxy) is 1. The van der Waals surface area contributed by atoms with E-state index < -0.39 is 11.9 Å². The lowest BCUT2D eigenvalue weighted by atomic mass is 9.70. The zero-order chi connectivity index (χ0) is 20.1. The molecule has 152 valence electrons. The van der Waals surface area contributed by atoms with Crippen molar-refractivity contribution >= 4 is 0 Å². The second kappa shape index (κ2) is 9.03. The Balaban J connectivity index is 1.57. The molecule has 1 aromatic carbocycles. The van der Waals surface area contributed by atoms with Crippen LogP contribution < -0.4 is 4.74 Å². The van der Waals surface area contributed by atoms with E-state index in [0.29, 0.717) is 24.7 Å². The van der Waals surface area contributed by atoms with Crippen molar-refractivity contribution in [3.63, 3.8) is 0 Å². The molecule has 1 saturated carbocycles. The van der Waals surface area contributed by atoms with Crippen LogP contribution in [-0.4, -0.2) is 6.11 Å². The third-order valence-corrected chi connectivity index (χ3v) is 6.39. The van der Waals surface area contributed by atoms with Crippen LogP contribution in [0.1, 0.15) is 70.3 Å². The predicted octanol–water partition coefficient (Wildman–Crippen LogP) is 7.00. The van der Waals surface area contributed by atoms with Crippen molar-refractivity contribution < 1.29 is 17.9 Å². The standard InChI is InChI=1S/C23H28F3NO/c1-2-3-16-4-6-17(7-5-16)18-8-11-20(12-9-18)23(25,26)28-21-13-10-19(15-27)22(24)14-21/h10-11,13-14,16-18H,2-9,12H2,1H3/t16?,17?,18-/m1/s1. The zero-order valence-corrected chi connectivity index (χ0v) is 16.4. The van der Waals surface area contributed by atoms with E-state index in [4.69, 9.17) is 10.00 Å². The first-order chi connectivity index (χ1) is 13.4. The van der Waals surface area contributed by atoms with Crippen LogP contribution in [0.5, 0.6) is 5.75 Å². The zero-order valence-electron chi connectivity index (χ0n) is 16.4. The van der Waals surface area contributed by atoms with Crippen LogP contribution in [0.15, 0.2) is 29.8 Å². The third-order valence-electron chi connectivity index (χ3n) is 6.39. The maximum Gasteiger partial charge on any atom is 0.422 e. The summed E-state index contributed by atoms with van der Waals surface area (Å²) < 4.78 is 47.5. The molecule has 2 aliphatic carbocycles. The molecular formula is C23H28F3NO. The Labute approximate surface area is 165 Å². The summed E-state index contributed by atoms with van der Waals surface area (Å²) in [7, 11) is 0. The molecule has 0 unspecified atom stereocenters. The molecule has 3 rings (SSSR count). The second-order valence-corrected chi connectivity index (χ2v) is 8.21. The van der Waals surface area contributed by atoms with Crippen LogP contribution in [0.4, 0.5) is 13.2 Å². The van der Waals surface area contributed by atoms with Gasteiger partial charge in [-0.05, 0) is 62.0 Å². The fraction of sp³-hybridized carbons (Fsp3) is 0.609. The Morgan fingerprint density at radius 2 is 1.89 bits per heavy atom. The molecule has 2 nitrogen and oxygen atoms in total. The fourth-order valence-electron chi connectivity index (χ4n) is 4.77. The van der Waals surface area contributed by atoms with Crippen molar-refractivity contribution in [3.05, 3.63) is 41.2 Å². The Hall–Kier alpha value is -1.96. The quantitative estimate of drug-likeness (QED) is 0.489. The van der Waals surface area contributed by atoms with E-state index in [1.54, 1.807) is 12.1 Å². The normalized spacial score (nSPS) is 25.7. The maximum absolute atomic E-state index is 14.5. The minimum atomic E-state index is -3.45. The number of alkyl halides is 2. The van der Waals surface area contributed by atoms with Crippen LogP contribution in [0.3, 0.4) is 0 Å². The summed E-state index contributed by atoms with van der Waals surface area (Å²) >= 11 is 0. The maximum atomic E-state index is 14.5. The van der Waals surface area contributed by atoms with E-state index >= 15 is 0 Å². The predicted molar refractivity (Wildman–Crippen MR) is 102 cm³/mol. The van der Waals surface area contributed by atoms with Gasteiger partial charge in [-0.1, -0.05) is 38.7 Å². The van der Waals surface area contributed by atoms with Gasteiger partial charge in [0.25, 0.3) is 0 Å². The highest BCUT2D eigenvalue weighted by atomic mass is 19.3. The van der Waals surface area contributed by atoms with E-state index in [-0.39, 0.29) is 16.9 Å². The van der Waals surface area contributed by atoms with Gasteiger partial charge in [0, 0.05) is 11.6 Å². The molecule has 2 aliphatic rings. The summed E-state index contributed by atoms with van der Waals surface area (Å²) in [5.41, 5.74) is -0.211. The number of hydrogen-bond donors (Lipinski definition) is 0. The Kier molecular flexibility index (Phi) is 6.69. The molecule has 1 aromatic rings. The molecule has 0 spiro atoms. The van der Waals surface area contributed by atoms with E-state index in [9.17, 15) is 13.2 Å². The highest BCUT2D eigenvalue weighted by Crippen LogP contribution is 2.43. The Morgan fingerprint density at radius 3 is 2.46 bits per heavy atom. The average molecular weight is 391 g/mol. The molecule has 0 amide bonds. The van der Waals surface area contributed by atoms with Gasteiger partial charge in [0.2, 0.25) is 0 Å². The van der Waals surface area contributed by atoms with E-state index in [1.165, 1.54) is 44.6 Å². The van der Waals surface area contributed by atoms with Gasteiger partial charge in [-0.15, -0.1) is 0 Å². The fourth-order valence-corrected chi connectivity index (χ4v) is 4.77. The van der Waals surface area contributed by atoms with E-state index in [0.717, 1.165) is 24.5 Å². The van der Waals surface area contributed by atoms with E-state index in [2.05, 4.69) is 6.92 Å². The highest BCUT2D eigenvalue weighted by Gasteiger charge is 2.40. The molecule has 28 heavy (non-hydrogen) atoms. The van der Waals surface area contributed by atoms with Gasteiger partial charge >= 0.3 is 6.11 Å². The van der Waals surface area contributed by atoms with Crippen molar-refractivity contribution in [2.75, 3.05) is 0 Å². The van der Waals surface area contributed by atoms with Gasteiger partial charge in [-0.2, -0.15) is 14.0 Å². The van der Waals surface area contributed by atoms with Crippen LogP contribution >= 0.6 is 0 Å². The molecule has 0 aromatic heterocycles. The highest BCUT2D eigenvalue weighted by molar-refractivity contribution is 5.36. The summed E-state index contributed by atoms with van der Waals surface area (Å²) in [5, 5.41) is 8.73. The number of nitriles is 1. The number of benzene rings is 1. The average Bonchev–Trinajstić information content (AvgIpc) is 2.69. The number of rotatable bonds is 6. The monoisotopic (exact) mass is 391 g/mol. The van der Waals surface area contributed by atoms with Crippen molar-refractivity contribution in [3.8, 4) is 11.8 Å². The van der Waals surface area contributed by atoms with Gasteiger partial charge in [0.1, 0.15) is 17.6 Å². The topological polar surface area (TPSA) is 33.0 Å². The first-order valence-corrected chi connectivity index (χ1v) is 10.4. The molecule has 1 atom stereocenters. The van der Waals surface area contributed by atoms with E-state index in [1.807, 2.05) is 0 Å². The first kappa shape index (κ1) is 20.8. The van der Waals surface area contributed by atoms with Crippen molar-refractivity contribution in [2.24, 2.45) is 17.8 Å². The lowest BCUT2D eigenvalue weighted by Crippen LogP contribution is -2.31. The molecule has 0 N–H and O–H groups in total. The van der Waals surface area contributed by atoms with Gasteiger partial charge in [-0.25, -0.2) is 4.39 Å². The largest absolute Gasteiger partial charge is 0.429 e. The smallest absolute Gasteiger partial charge is 0.422 e. The van der Waals surface area contributed by atoms with Gasteiger partial charge in [-0.3, -0.25) is 0 Å². The molecule has 1 fully saturated rings. The number of nitrogens with zero attached hydrogens (tertiary/aromatic N) is 1. The minimum absolute atomic E-state index is 0.0202. The van der Waals surface area contributed by atoms with Crippen LogP contribution in [0.2, 0.25) is 0 Å². The molecule has 0 aliphatic heterocycles. The Bertz CT molecular complexity index is 745. The van der Waals surface area contributed by atoms with Crippen molar-refractivity contribution in [2.45, 2.75) is 70.8 Å². The van der Waals surface area contributed by atoms with Gasteiger partial charge in [0.15, 0.2) is 0 Å². The van der Waals surface area contributed by atoms with Crippen LogP contribution in [-0.2, 0) is 0 Å². The lowest BCUT2D eigenvalue weighted by molar-refractivity contribution is -0.145. The summed E-state index contributed by atoms with van der Waals surface area (Å²) in [4.78, 5) is 0. The summed E-state index contributed by atoms with van der Waals surface area (Å²) in [6.07, 6.45) is 7.44. The SMILES string of the molecule is CCCC1CCC([C@@H]2CC=C(C(F)(F)Oc3ccc(C#N)c(F)c3)CC2)CC1. The molecular weight excluding hydrogens is 363 g/mol. The molecule has 5 heteroatoms. The molecule has 0 heterocycles. The Morgan fingerprint density at radius 1 is 1.14 bits per heavy atom. The summed E-state index contributed by atoms with van der Waals surface area (Å²) in [5.74, 6) is 0.856. The minimum Gasteiger partial charge on any atom is -0.429 e. The van der Waals surface area contributed by atoms with Crippen molar-refractivity contribution in [1.82, 2.24) is 0 Å².